The molecule has 0 aromatic carbocycles. The zero-order valence-corrected chi connectivity index (χ0v) is 4.77. The van der Waals surface area contributed by atoms with E-state index in [1.807, 2.05) is 13.8 Å². The second-order valence-corrected chi connectivity index (χ2v) is 1.26. The maximum atomic E-state index is 4.98. The number of terminal acetylenes is 1. The molecule has 0 saturated heterocycles. The first kappa shape index (κ1) is 6.52. The van der Waals surface area contributed by atoms with Crippen molar-refractivity contribution in [3.8, 4) is 12.3 Å². The molecule has 0 saturated carbocycles. The van der Waals surface area contributed by atoms with Crippen LogP contribution in [0, 0.1) is 12.3 Å². The van der Waals surface area contributed by atoms with E-state index in [-0.39, 0.29) is 6.10 Å². The van der Waals surface area contributed by atoms with Crippen molar-refractivity contribution >= 4 is 0 Å². The lowest BCUT2D eigenvalue weighted by Gasteiger charge is -1.99. The lowest BCUT2D eigenvalue weighted by Crippen LogP contribution is -2.02. The molecule has 0 fully saturated rings. The second-order valence-electron chi connectivity index (χ2n) is 1.26. The summed E-state index contributed by atoms with van der Waals surface area (Å²) in [5.41, 5.74) is 0. The highest BCUT2D eigenvalue weighted by atomic mass is 16.5. The Hall–Kier alpha value is -0.480. The zero-order valence-electron chi connectivity index (χ0n) is 4.77. The van der Waals surface area contributed by atoms with Crippen LogP contribution in [0.5, 0.6) is 0 Å². The van der Waals surface area contributed by atoms with E-state index in [1.165, 1.54) is 0 Å². The van der Waals surface area contributed by atoms with Gasteiger partial charge in [-0.2, -0.15) is 0 Å². The lowest BCUT2D eigenvalue weighted by atomic mass is 10.4. The number of rotatable bonds is 2. The molecule has 40 valence electrons. The molecule has 0 N–H and O–H groups in total. The Balaban J connectivity index is 3.04. The Morgan fingerprint density at radius 2 is 2.43 bits per heavy atom. The Labute approximate surface area is 44.7 Å². The molecule has 1 nitrogen and oxygen atoms in total. The van der Waals surface area contributed by atoms with E-state index in [9.17, 15) is 0 Å². The van der Waals surface area contributed by atoms with Crippen LogP contribution in [0.1, 0.15) is 13.8 Å². The van der Waals surface area contributed by atoms with Crippen LogP contribution >= 0.6 is 0 Å². The molecule has 0 aromatic heterocycles. The van der Waals surface area contributed by atoms with E-state index in [0.717, 1.165) is 0 Å². The number of hydrogen-bond acceptors (Lipinski definition) is 1. The molecule has 0 spiro atoms. The minimum atomic E-state index is -0.0231. The third kappa shape index (κ3) is 3.35. The topological polar surface area (TPSA) is 9.23 Å². The molecule has 0 rings (SSSR count). The van der Waals surface area contributed by atoms with Gasteiger partial charge in [-0.1, -0.05) is 5.92 Å². The van der Waals surface area contributed by atoms with Crippen molar-refractivity contribution < 1.29 is 4.74 Å². The second kappa shape index (κ2) is 3.70. The molecule has 0 bridgehead atoms. The maximum Gasteiger partial charge on any atom is 0.115 e. The first-order chi connectivity index (χ1) is 3.31. The quantitative estimate of drug-likeness (QED) is 0.469. The summed E-state index contributed by atoms with van der Waals surface area (Å²) in [6.45, 7) is 4.47. The number of hydrogen-bond donors (Lipinski definition) is 0. The van der Waals surface area contributed by atoms with Crippen LogP contribution in [-0.2, 0) is 4.74 Å². The highest BCUT2D eigenvalue weighted by molar-refractivity contribution is 4.91. The van der Waals surface area contributed by atoms with Crippen LogP contribution in [0.25, 0.3) is 0 Å². The minimum absolute atomic E-state index is 0.0231. The van der Waals surface area contributed by atoms with E-state index in [4.69, 9.17) is 11.2 Å². The Morgan fingerprint density at radius 1 is 1.86 bits per heavy atom. The first-order valence-corrected chi connectivity index (χ1v) is 2.39. The van der Waals surface area contributed by atoms with Crippen LogP contribution in [0.4, 0.5) is 0 Å². The summed E-state index contributed by atoms with van der Waals surface area (Å²) in [6, 6.07) is 0. The summed E-state index contributed by atoms with van der Waals surface area (Å²) >= 11 is 0. The molecule has 0 aromatic rings. The van der Waals surface area contributed by atoms with Crippen LogP contribution in [0.2, 0.25) is 0 Å². The molecule has 7 heavy (non-hydrogen) atoms. The van der Waals surface area contributed by atoms with Crippen molar-refractivity contribution in [1.29, 1.82) is 0 Å². The van der Waals surface area contributed by atoms with Crippen molar-refractivity contribution in [2.45, 2.75) is 20.0 Å². The van der Waals surface area contributed by atoms with E-state index >= 15 is 0 Å². The molecule has 0 radical (unpaired) electrons. The summed E-state index contributed by atoms with van der Waals surface area (Å²) in [6.07, 6.45) is 4.96. The molecule has 0 aliphatic rings. The van der Waals surface area contributed by atoms with Gasteiger partial charge in [0.25, 0.3) is 0 Å². The molecule has 1 heteroatoms. The van der Waals surface area contributed by atoms with Crippen molar-refractivity contribution in [3.05, 3.63) is 0 Å². The van der Waals surface area contributed by atoms with Crippen LogP contribution in [0.3, 0.4) is 0 Å². The summed E-state index contributed by atoms with van der Waals surface area (Å²) in [4.78, 5) is 0. The average molecular weight is 98.1 g/mol. The van der Waals surface area contributed by atoms with Crippen molar-refractivity contribution in [3.63, 3.8) is 0 Å². The fourth-order valence-electron chi connectivity index (χ4n) is 0.298. The van der Waals surface area contributed by atoms with Crippen LogP contribution < -0.4 is 0 Å². The van der Waals surface area contributed by atoms with Crippen LogP contribution in [0.15, 0.2) is 0 Å². The molecule has 0 aliphatic heterocycles. The molecule has 1 atom stereocenters. The van der Waals surface area contributed by atoms with E-state index in [2.05, 4.69) is 5.92 Å². The fraction of sp³-hybridized carbons (Fsp3) is 0.667. The standard InChI is InChI=1S/C6H10O/c1-4-6(3)7-5-2/h1,6H,5H2,2-3H3/t6-/m1/s1. The SMILES string of the molecule is C#C[C@@H](C)OCC. The molecule has 0 heterocycles. The zero-order chi connectivity index (χ0) is 5.70. The van der Waals surface area contributed by atoms with Gasteiger partial charge in [-0.15, -0.1) is 6.42 Å². The predicted octanol–water partition coefficient (Wildman–Crippen LogP) is 1.04. The Kier molecular flexibility index (Phi) is 3.45. The van der Waals surface area contributed by atoms with Gasteiger partial charge in [0.05, 0.1) is 0 Å². The summed E-state index contributed by atoms with van der Waals surface area (Å²) in [5, 5.41) is 0. The summed E-state index contributed by atoms with van der Waals surface area (Å²) in [7, 11) is 0. The largest absolute Gasteiger partial charge is 0.366 e. The molecule has 0 aliphatic carbocycles. The Bertz CT molecular complexity index is 70.7. The van der Waals surface area contributed by atoms with Gasteiger partial charge in [-0.3, -0.25) is 0 Å². The average Bonchev–Trinajstić information content (AvgIpc) is 1.68. The van der Waals surface area contributed by atoms with Gasteiger partial charge in [0, 0.05) is 6.61 Å². The van der Waals surface area contributed by atoms with Gasteiger partial charge in [0.2, 0.25) is 0 Å². The summed E-state index contributed by atoms with van der Waals surface area (Å²) in [5.74, 6) is 2.44. The smallest absolute Gasteiger partial charge is 0.115 e. The van der Waals surface area contributed by atoms with E-state index in [0.29, 0.717) is 6.61 Å². The van der Waals surface area contributed by atoms with Gasteiger partial charge in [0.1, 0.15) is 6.10 Å². The van der Waals surface area contributed by atoms with Gasteiger partial charge in [-0.25, -0.2) is 0 Å². The fourth-order valence-corrected chi connectivity index (χ4v) is 0.298. The predicted molar refractivity (Wildman–Crippen MR) is 29.9 cm³/mol. The van der Waals surface area contributed by atoms with Crippen LogP contribution in [-0.4, -0.2) is 12.7 Å². The Morgan fingerprint density at radius 3 is 2.57 bits per heavy atom. The summed E-state index contributed by atoms with van der Waals surface area (Å²) < 4.78 is 4.95. The number of ether oxygens (including phenoxy) is 1. The highest BCUT2D eigenvalue weighted by Gasteiger charge is 1.88. The van der Waals surface area contributed by atoms with Gasteiger partial charge in [0.15, 0.2) is 0 Å². The highest BCUT2D eigenvalue weighted by Crippen LogP contribution is 1.83. The maximum absolute atomic E-state index is 4.98. The third-order valence-corrected chi connectivity index (χ3v) is 0.651. The molecular formula is C6H10O. The van der Waals surface area contributed by atoms with Gasteiger partial charge < -0.3 is 4.74 Å². The normalized spacial score (nSPS) is 12.7. The third-order valence-electron chi connectivity index (χ3n) is 0.651. The lowest BCUT2D eigenvalue weighted by molar-refractivity contribution is 0.116. The van der Waals surface area contributed by atoms with Crippen molar-refractivity contribution in [2.75, 3.05) is 6.61 Å². The van der Waals surface area contributed by atoms with Gasteiger partial charge in [-0.05, 0) is 13.8 Å². The minimum Gasteiger partial charge on any atom is -0.366 e. The molecule has 0 amide bonds. The van der Waals surface area contributed by atoms with Crippen molar-refractivity contribution in [2.24, 2.45) is 0 Å². The monoisotopic (exact) mass is 98.1 g/mol. The van der Waals surface area contributed by atoms with E-state index < -0.39 is 0 Å². The molecule has 0 unspecified atom stereocenters. The van der Waals surface area contributed by atoms with Crippen molar-refractivity contribution in [1.82, 2.24) is 0 Å². The first-order valence-electron chi connectivity index (χ1n) is 2.39. The van der Waals surface area contributed by atoms with Gasteiger partial charge >= 0.3 is 0 Å². The van der Waals surface area contributed by atoms with E-state index in [1.54, 1.807) is 0 Å². The molecular weight excluding hydrogens is 88.1 g/mol.